The van der Waals surface area contributed by atoms with Crippen molar-refractivity contribution < 1.29 is 13.2 Å². The summed E-state index contributed by atoms with van der Waals surface area (Å²) in [6, 6.07) is 0. The van der Waals surface area contributed by atoms with Crippen LogP contribution in [0.25, 0.3) is 0 Å². The van der Waals surface area contributed by atoms with Gasteiger partial charge in [-0.2, -0.15) is 13.2 Å². The van der Waals surface area contributed by atoms with Crippen molar-refractivity contribution in [3.05, 3.63) is 0 Å². The van der Waals surface area contributed by atoms with Crippen molar-refractivity contribution >= 4 is 15.9 Å². The van der Waals surface area contributed by atoms with Crippen molar-refractivity contribution in [1.82, 2.24) is 0 Å². The lowest BCUT2D eigenvalue weighted by Crippen LogP contribution is -2.25. The van der Waals surface area contributed by atoms with Gasteiger partial charge < -0.3 is 0 Å². The molecule has 0 spiro atoms. The van der Waals surface area contributed by atoms with Gasteiger partial charge in [-0.25, -0.2) is 0 Å². The van der Waals surface area contributed by atoms with Crippen LogP contribution in [0.1, 0.15) is 38.5 Å². The first kappa shape index (κ1) is 12.3. The Labute approximate surface area is 91.4 Å². The second kappa shape index (κ2) is 5.38. The van der Waals surface area contributed by atoms with Gasteiger partial charge in [0.2, 0.25) is 0 Å². The minimum atomic E-state index is -4.00. The van der Waals surface area contributed by atoms with E-state index in [1.54, 1.807) is 0 Å². The lowest BCUT2D eigenvalue weighted by molar-refractivity contribution is -0.147. The third-order valence-corrected chi connectivity index (χ3v) is 3.84. The van der Waals surface area contributed by atoms with E-state index < -0.39 is 12.6 Å². The molecule has 14 heavy (non-hydrogen) atoms. The maximum atomic E-state index is 12.2. The Morgan fingerprint density at radius 1 is 1.14 bits per heavy atom. The van der Waals surface area contributed by atoms with Gasteiger partial charge in [-0.05, 0) is 11.8 Å². The number of rotatable bonds is 3. The molecule has 1 aliphatic carbocycles. The molecule has 4 heteroatoms. The first-order chi connectivity index (χ1) is 6.53. The fraction of sp³-hybridized carbons (Fsp3) is 1.00. The highest BCUT2D eigenvalue weighted by Gasteiger charge is 2.35. The molecule has 0 N–H and O–H groups in total. The van der Waals surface area contributed by atoms with Gasteiger partial charge in [-0.1, -0.05) is 48.0 Å². The van der Waals surface area contributed by atoms with E-state index in [4.69, 9.17) is 0 Å². The van der Waals surface area contributed by atoms with Gasteiger partial charge in [0.05, 0.1) is 0 Å². The monoisotopic (exact) mass is 272 g/mol. The average molecular weight is 273 g/mol. The molecule has 0 aromatic heterocycles. The van der Waals surface area contributed by atoms with E-state index in [1.807, 2.05) is 0 Å². The minimum Gasteiger partial charge on any atom is -0.171 e. The van der Waals surface area contributed by atoms with Gasteiger partial charge in [0.25, 0.3) is 0 Å². The maximum Gasteiger partial charge on any atom is 0.389 e. The third kappa shape index (κ3) is 4.20. The van der Waals surface area contributed by atoms with Crippen LogP contribution in [0.2, 0.25) is 0 Å². The summed E-state index contributed by atoms with van der Waals surface area (Å²) in [7, 11) is 0. The van der Waals surface area contributed by atoms with Crippen LogP contribution in [-0.2, 0) is 0 Å². The average Bonchev–Trinajstić information content (AvgIpc) is 2.14. The summed E-state index contributed by atoms with van der Waals surface area (Å²) in [5.74, 6) is 0.0695. The van der Waals surface area contributed by atoms with Gasteiger partial charge in [0, 0.05) is 11.8 Å². The number of hydrogen-bond acceptors (Lipinski definition) is 0. The molecule has 0 aliphatic heterocycles. The van der Waals surface area contributed by atoms with Gasteiger partial charge in [0.15, 0.2) is 0 Å². The molecule has 1 aliphatic rings. The van der Waals surface area contributed by atoms with Crippen LogP contribution >= 0.6 is 15.9 Å². The van der Waals surface area contributed by atoms with Crippen LogP contribution in [0.15, 0.2) is 0 Å². The highest BCUT2D eigenvalue weighted by Crippen LogP contribution is 2.37. The summed E-state index contributed by atoms with van der Waals surface area (Å²) in [5.41, 5.74) is 0. The molecule has 0 aromatic rings. The van der Waals surface area contributed by atoms with Crippen molar-refractivity contribution in [1.29, 1.82) is 0 Å². The molecule has 1 fully saturated rings. The smallest absolute Gasteiger partial charge is 0.171 e. The molecule has 1 rings (SSSR count). The number of alkyl halides is 4. The SMILES string of the molecule is FC(F)(F)C[C@H](CBr)C1CCCCC1. The summed E-state index contributed by atoms with van der Waals surface area (Å²) < 4.78 is 36.7. The zero-order chi connectivity index (χ0) is 10.6. The van der Waals surface area contributed by atoms with Crippen molar-refractivity contribution in [3.8, 4) is 0 Å². The first-order valence-corrected chi connectivity index (χ1v) is 6.28. The van der Waals surface area contributed by atoms with Crippen LogP contribution in [0, 0.1) is 11.8 Å². The fourth-order valence-electron chi connectivity index (χ4n) is 2.25. The zero-order valence-electron chi connectivity index (χ0n) is 8.12. The molecule has 0 bridgehead atoms. The Kier molecular flexibility index (Phi) is 4.74. The van der Waals surface area contributed by atoms with Crippen molar-refractivity contribution in [2.45, 2.75) is 44.7 Å². The van der Waals surface area contributed by atoms with Crippen molar-refractivity contribution in [2.24, 2.45) is 11.8 Å². The molecule has 1 saturated carbocycles. The molecule has 0 unspecified atom stereocenters. The van der Waals surface area contributed by atoms with E-state index in [-0.39, 0.29) is 11.8 Å². The minimum absolute atomic E-state index is 0.213. The fourth-order valence-corrected chi connectivity index (χ4v) is 3.01. The lowest BCUT2D eigenvalue weighted by Gasteiger charge is -2.29. The Morgan fingerprint density at radius 2 is 1.71 bits per heavy atom. The zero-order valence-corrected chi connectivity index (χ0v) is 9.70. The second-order valence-electron chi connectivity index (χ2n) is 4.13. The normalized spacial score (nSPS) is 22.3. The summed E-state index contributed by atoms with van der Waals surface area (Å²) in [6.07, 6.45) is 0.729. The molecule has 0 heterocycles. The number of halogens is 4. The second-order valence-corrected chi connectivity index (χ2v) is 4.78. The van der Waals surface area contributed by atoms with Gasteiger partial charge >= 0.3 is 6.18 Å². The number of hydrogen-bond donors (Lipinski definition) is 0. The van der Waals surface area contributed by atoms with Crippen LogP contribution in [0.4, 0.5) is 13.2 Å². The van der Waals surface area contributed by atoms with Gasteiger partial charge in [-0.15, -0.1) is 0 Å². The topological polar surface area (TPSA) is 0 Å². The van der Waals surface area contributed by atoms with Crippen molar-refractivity contribution in [2.75, 3.05) is 5.33 Å². The Balaban J connectivity index is 2.43. The highest BCUT2D eigenvalue weighted by atomic mass is 79.9. The van der Waals surface area contributed by atoms with Crippen molar-refractivity contribution in [3.63, 3.8) is 0 Å². The molecule has 0 amide bonds. The highest BCUT2D eigenvalue weighted by molar-refractivity contribution is 9.09. The Bertz CT molecular complexity index is 161. The largest absolute Gasteiger partial charge is 0.389 e. The summed E-state index contributed by atoms with van der Waals surface area (Å²) >= 11 is 3.20. The van der Waals surface area contributed by atoms with Gasteiger partial charge in [0.1, 0.15) is 0 Å². The van der Waals surface area contributed by atoms with E-state index in [0.29, 0.717) is 5.33 Å². The van der Waals surface area contributed by atoms with E-state index in [1.165, 1.54) is 6.42 Å². The summed E-state index contributed by atoms with van der Waals surface area (Å²) in [6.45, 7) is 0. The summed E-state index contributed by atoms with van der Waals surface area (Å²) in [5, 5.41) is 0.483. The molecule has 1 atom stereocenters. The predicted molar refractivity (Wildman–Crippen MR) is 54.5 cm³/mol. The summed E-state index contributed by atoms with van der Waals surface area (Å²) in [4.78, 5) is 0. The quantitative estimate of drug-likeness (QED) is 0.663. The maximum absolute atomic E-state index is 12.2. The van der Waals surface area contributed by atoms with Crippen LogP contribution < -0.4 is 0 Å². The first-order valence-electron chi connectivity index (χ1n) is 5.15. The van der Waals surface area contributed by atoms with Crippen LogP contribution in [-0.4, -0.2) is 11.5 Å². The van der Waals surface area contributed by atoms with E-state index in [0.717, 1.165) is 25.7 Å². The Morgan fingerprint density at radius 3 is 2.14 bits per heavy atom. The molecule has 0 aromatic carbocycles. The molecule has 84 valence electrons. The van der Waals surface area contributed by atoms with E-state index in [9.17, 15) is 13.2 Å². The van der Waals surface area contributed by atoms with Crippen LogP contribution in [0.3, 0.4) is 0 Å². The van der Waals surface area contributed by atoms with E-state index in [2.05, 4.69) is 15.9 Å². The molecule has 0 saturated heterocycles. The molecular formula is C10H16BrF3. The molecule has 0 radical (unpaired) electrons. The molecular weight excluding hydrogens is 257 g/mol. The lowest BCUT2D eigenvalue weighted by atomic mass is 9.79. The molecule has 0 nitrogen and oxygen atoms in total. The third-order valence-electron chi connectivity index (χ3n) is 3.01. The predicted octanol–water partition coefficient (Wildman–Crippen LogP) is 4.53. The standard InChI is InChI=1S/C10H16BrF3/c11-7-9(6-10(12,13)14)8-4-2-1-3-5-8/h8-9H,1-7H2/t9-/m1/s1. The van der Waals surface area contributed by atoms with Crippen LogP contribution in [0.5, 0.6) is 0 Å². The van der Waals surface area contributed by atoms with Gasteiger partial charge in [-0.3, -0.25) is 0 Å². The van der Waals surface area contributed by atoms with E-state index >= 15 is 0 Å². The Hall–Kier alpha value is 0.270.